The van der Waals surface area contributed by atoms with Gasteiger partial charge >= 0.3 is 0 Å². The molecule has 2 aliphatic rings. The molecule has 5 aromatic rings. The van der Waals surface area contributed by atoms with Gasteiger partial charge in [0.15, 0.2) is 6.29 Å². The van der Waals surface area contributed by atoms with E-state index in [1.165, 1.54) is 4.90 Å². The molecule has 2 aliphatic heterocycles. The van der Waals surface area contributed by atoms with Gasteiger partial charge in [-0.05, 0) is 65.6 Å². The number of carbonyl (C=O) groups excluding carboxylic acids is 2. The van der Waals surface area contributed by atoms with Crippen molar-refractivity contribution in [3.63, 3.8) is 0 Å². The molecule has 1 fully saturated rings. The molecule has 0 unspecified atom stereocenters. The van der Waals surface area contributed by atoms with Gasteiger partial charge in [-0.15, -0.1) is 0 Å². The van der Waals surface area contributed by atoms with E-state index in [0.717, 1.165) is 38.9 Å². The molecule has 0 radical (unpaired) electrons. The Morgan fingerprint density at radius 1 is 0.731 bits per heavy atom. The average molecular weight is 697 g/mol. The van der Waals surface area contributed by atoms with Crippen LogP contribution in [0.2, 0.25) is 0 Å². The van der Waals surface area contributed by atoms with Gasteiger partial charge in [0, 0.05) is 24.1 Å². The molecule has 6 atom stereocenters. The second-order valence-corrected chi connectivity index (χ2v) is 13.9. The molecule has 0 aliphatic carbocycles. The highest BCUT2D eigenvalue weighted by atomic mass is 16.7. The Kier molecular flexibility index (Phi) is 10.5. The number of amides is 2. The molecule has 266 valence electrons. The SMILES string of the molecule is C[C@H]1[C@@H](CN(C)[C@@H](C)[C@H](O)c2ccccc2)O[C@@H](c2ccc(-c3cccc(CN4C(=O)c5ccccc5C4=O)c3)cc2)O[C@H]1c1ccc(CO)cc1. The molecule has 52 heavy (non-hydrogen) atoms. The highest BCUT2D eigenvalue weighted by Crippen LogP contribution is 2.42. The number of aliphatic hydroxyl groups is 2. The van der Waals surface area contributed by atoms with Crippen molar-refractivity contribution in [1.82, 2.24) is 9.80 Å². The van der Waals surface area contributed by atoms with Gasteiger partial charge in [0.05, 0.1) is 42.6 Å². The summed E-state index contributed by atoms with van der Waals surface area (Å²) >= 11 is 0. The lowest BCUT2D eigenvalue weighted by atomic mass is 9.89. The minimum absolute atomic E-state index is 0.0103. The fourth-order valence-electron chi connectivity index (χ4n) is 7.20. The first-order chi connectivity index (χ1) is 25.2. The van der Waals surface area contributed by atoms with Crippen LogP contribution in [0.1, 0.15) is 80.9 Å². The van der Waals surface area contributed by atoms with Crippen LogP contribution in [0, 0.1) is 5.92 Å². The Hall–Kier alpha value is -4.96. The van der Waals surface area contributed by atoms with Crippen molar-refractivity contribution in [3.8, 4) is 11.1 Å². The molecule has 0 spiro atoms. The van der Waals surface area contributed by atoms with Crippen LogP contribution in [-0.4, -0.2) is 57.6 Å². The van der Waals surface area contributed by atoms with Gasteiger partial charge in [-0.2, -0.15) is 0 Å². The lowest BCUT2D eigenvalue weighted by molar-refractivity contribution is -0.276. The van der Waals surface area contributed by atoms with Crippen LogP contribution in [-0.2, 0) is 22.6 Å². The number of ether oxygens (including phenoxy) is 2. The maximum absolute atomic E-state index is 13.0. The van der Waals surface area contributed by atoms with Crippen molar-refractivity contribution < 1.29 is 29.3 Å². The van der Waals surface area contributed by atoms with Crippen LogP contribution < -0.4 is 0 Å². The highest BCUT2D eigenvalue weighted by Gasteiger charge is 2.40. The van der Waals surface area contributed by atoms with Gasteiger partial charge in [0.2, 0.25) is 0 Å². The predicted octanol–water partition coefficient (Wildman–Crippen LogP) is 7.49. The van der Waals surface area contributed by atoms with Crippen LogP contribution in [0.5, 0.6) is 0 Å². The third-order valence-corrected chi connectivity index (χ3v) is 10.5. The summed E-state index contributed by atoms with van der Waals surface area (Å²) < 4.78 is 13.4. The van der Waals surface area contributed by atoms with Gasteiger partial charge in [-0.25, -0.2) is 0 Å². The molecule has 0 aromatic heterocycles. The number of benzene rings is 5. The van der Waals surface area contributed by atoms with Gasteiger partial charge in [0.1, 0.15) is 0 Å². The first-order valence-electron chi connectivity index (χ1n) is 17.8. The molecule has 2 N–H and O–H groups in total. The lowest BCUT2D eigenvalue weighted by Crippen LogP contribution is -2.46. The average Bonchev–Trinajstić information content (AvgIpc) is 3.43. The van der Waals surface area contributed by atoms with E-state index in [1.54, 1.807) is 24.3 Å². The normalized spacial score (nSPS) is 21.3. The summed E-state index contributed by atoms with van der Waals surface area (Å²) in [5.41, 5.74) is 7.28. The van der Waals surface area contributed by atoms with Crippen molar-refractivity contribution in [3.05, 3.63) is 166 Å². The number of imide groups is 1. The predicted molar refractivity (Wildman–Crippen MR) is 199 cm³/mol. The van der Waals surface area contributed by atoms with E-state index >= 15 is 0 Å². The molecule has 8 heteroatoms. The summed E-state index contributed by atoms with van der Waals surface area (Å²) in [4.78, 5) is 29.4. The summed E-state index contributed by atoms with van der Waals surface area (Å²) in [7, 11) is 2.01. The Labute approximate surface area is 304 Å². The molecular weight excluding hydrogens is 652 g/mol. The van der Waals surface area contributed by atoms with Gasteiger partial charge in [-0.1, -0.05) is 116 Å². The van der Waals surface area contributed by atoms with Gasteiger partial charge in [-0.3, -0.25) is 19.4 Å². The number of carbonyl (C=O) groups is 2. The minimum Gasteiger partial charge on any atom is -0.392 e. The number of fused-ring (bicyclic) bond motifs is 1. The van der Waals surface area contributed by atoms with Crippen molar-refractivity contribution in [2.75, 3.05) is 13.6 Å². The highest BCUT2D eigenvalue weighted by molar-refractivity contribution is 6.21. The standard InChI is InChI=1S/C44H44N2O6/c1-28-39(26-45(3)29(2)40(48)33-11-5-4-6-12-33)51-44(52-41(28)34-18-16-30(27-47)17-19-34)35-22-20-32(21-23-35)36-13-9-10-31(24-36)25-46-42(49)37-14-7-8-15-38(37)43(46)50/h4-24,28-29,39-41,44,47-48H,25-27H2,1-3H3/t28-,29-,39+,40-,41+,44+/m0/s1. The molecule has 5 aromatic carbocycles. The summed E-state index contributed by atoms with van der Waals surface area (Å²) in [5, 5.41) is 20.8. The van der Waals surface area contributed by atoms with Gasteiger partial charge < -0.3 is 19.7 Å². The van der Waals surface area contributed by atoms with E-state index in [9.17, 15) is 19.8 Å². The molecule has 2 heterocycles. The van der Waals surface area contributed by atoms with E-state index in [4.69, 9.17) is 9.47 Å². The number of likely N-dealkylation sites (N-methyl/N-ethyl adjacent to an activating group) is 1. The third-order valence-electron chi connectivity index (χ3n) is 10.5. The monoisotopic (exact) mass is 696 g/mol. The van der Waals surface area contributed by atoms with Crippen LogP contribution in [0.3, 0.4) is 0 Å². The molecule has 0 saturated carbocycles. The van der Waals surface area contributed by atoms with Crippen LogP contribution in [0.25, 0.3) is 11.1 Å². The quantitative estimate of drug-likeness (QED) is 0.138. The number of aliphatic hydroxyl groups excluding tert-OH is 2. The molecular formula is C44H44N2O6. The summed E-state index contributed by atoms with van der Waals surface area (Å²) in [6.45, 7) is 4.90. The lowest BCUT2D eigenvalue weighted by Gasteiger charge is -2.43. The maximum Gasteiger partial charge on any atom is 0.261 e. The molecule has 0 bridgehead atoms. The largest absolute Gasteiger partial charge is 0.392 e. The van der Waals surface area contributed by atoms with Crippen molar-refractivity contribution in [2.24, 2.45) is 5.92 Å². The summed E-state index contributed by atoms with van der Waals surface area (Å²) in [5.74, 6) is -0.554. The minimum atomic E-state index is -0.655. The maximum atomic E-state index is 13.0. The van der Waals surface area contributed by atoms with Crippen molar-refractivity contribution in [1.29, 1.82) is 0 Å². The van der Waals surface area contributed by atoms with E-state index < -0.39 is 12.4 Å². The smallest absolute Gasteiger partial charge is 0.261 e. The Balaban J connectivity index is 1.10. The number of hydrogen-bond donors (Lipinski definition) is 2. The van der Waals surface area contributed by atoms with Crippen LogP contribution in [0.4, 0.5) is 0 Å². The fraction of sp³-hybridized carbons (Fsp3) is 0.273. The van der Waals surface area contributed by atoms with E-state index in [-0.39, 0.29) is 49.1 Å². The summed E-state index contributed by atoms with van der Waals surface area (Å²) in [6.07, 6.45) is -1.77. The third kappa shape index (κ3) is 7.21. The first-order valence-corrected chi connectivity index (χ1v) is 17.8. The summed E-state index contributed by atoms with van der Waals surface area (Å²) in [6, 6.07) is 40.3. The first kappa shape index (κ1) is 35.4. The fourth-order valence-corrected chi connectivity index (χ4v) is 7.20. The Bertz CT molecular complexity index is 1980. The van der Waals surface area contributed by atoms with Crippen LogP contribution >= 0.6 is 0 Å². The second-order valence-electron chi connectivity index (χ2n) is 13.9. The number of hydrogen-bond acceptors (Lipinski definition) is 7. The molecule has 7 rings (SSSR count). The zero-order valence-corrected chi connectivity index (χ0v) is 29.6. The van der Waals surface area contributed by atoms with E-state index in [2.05, 4.69) is 11.8 Å². The number of nitrogens with zero attached hydrogens (tertiary/aromatic N) is 2. The Morgan fingerprint density at radius 3 is 2.02 bits per heavy atom. The zero-order valence-electron chi connectivity index (χ0n) is 29.6. The second kappa shape index (κ2) is 15.3. The zero-order chi connectivity index (χ0) is 36.4. The van der Waals surface area contributed by atoms with Gasteiger partial charge in [0.25, 0.3) is 11.8 Å². The van der Waals surface area contributed by atoms with E-state index in [1.807, 2.05) is 117 Å². The number of rotatable bonds is 11. The molecule has 2 amide bonds. The van der Waals surface area contributed by atoms with Crippen molar-refractivity contribution >= 4 is 11.8 Å². The van der Waals surface area contributed by atoms with Crippen LogP contribution in [0.15, 0.2) is 127 Å². The molecule has 8 nitrogen and oxygen atoms in total. The topological polar surface area (TPSA) is 99.5 Å². The molecule has 1 saturated heterocycles. The van der Waals surface area contributed by atoms with Crippen molar-refractivity contribution in [2.45, 2.75) is 57.6 Å². The van der Waals surface area contributed by atoms with E-state index in [0.29, 0.717) is 17.7 Å². The Morgan fingerprint density at radius 2 is 1.37 bits per heavy atom.